The minimum Gasteiger partial charge on any atom is -0.493 e. The second kappa shape index (κ2) is 14.5. The molecule has 5 aliphatic rings. The Bertz CT molecular complexity index is 1620. The summed E-state index contributed by atoms with van der Waals surface area (Å²) in [5.41, 5.74) is 1.18. The number of nitrogens with zero attached hydrogens (tertiary/aromatic N) is 6. The minimum absolute atomic E-state index is 0.213. The molecular formula is C36H42F4N6O6. The van der Waals surface area contributed by atoms with Crippen LogP contribution in [0.3, 0.4) is 0 Å². The Morgan fingerprint density at radius 3 is 1.44 bits per heavy atom. The van der Waals surface area contributed by atoms with Crippen molar-refractivity contribution in [1.29, 1.82) is 0 Å². The first-order valence-electron chi connectivity index (χ1n) is 17.5. The number of rotatable bonds is 12. The van der Waals surface area contributed by atoms with E-state index in [0.29, 0.717) is 47.6 Å². The zero-order chi connectivity index (χ0) is 36.6. The first-order chi connectivity index (χ1) is 24.9. The molecule has 3 saturated heterocycles. The predicted octanol–water partition coefficient (Wildman–Crippen LogP) is 4.69. The number of halogens is 4. The molecule has 0 spiro atoms. The first-order valence-corrected chi connectivity index (χ1v) is 17.5. The lowest BCUT2D eigenvalue weighted by atomic mass is 10.1. The van der Waals surface area contributed by atoms with Crippen LogP contribution >= 0.6 is 0 Å². The van der Waals surface area contributed by atoms with E-state index in [0.717, 1.165) is 61.9 Å². The molecule has 2 aromatic carbocycles. The van der Waals surface area contributed by atoms with Crippen molar-refractivity contribution in [2.75, 3.05) is 79.8 Å². The lowest BCUT2D eigenvalue weighted by molar-refractivity contribution is 0.0116. The maximum atomic E-state index is 14.0. The van der Waals surface area contributed by atoms with Gasteiger partial charge in [0.05, 0.1) is 75.1 Å². The number of fused-ring (bicyclic) bond motifs is 4. The largest absolute Gasteiger partial charge is 0.493 e. The van der Waals surface area contributed by atoms with Gasteiger partial charge < -0.3 is 38.5 Å². The van der Waals surface area contributed by atoms with Gasteiger partial charge in [0.2, 0.25) is 0 Å². The Hall–Kier alpha value is -4.44. The van der Waals surface area contributed by atoms with Crippen molar-refractivity contribution < 1.29 is 46.1 Å². The maximum Gasteiger partial charge on any atom is 0.267 e. The molecule has 0 N–H and O–H groups in total. The van der Waals surface area contributed by atoms with E-state index in [9.17, 15) is 27.2 Å². The lowest BCUT2D eigenvalue weighted by Gasteiger charge is -2.34. The summed E-state index contributed by atoms with van der Waals surface area (Å²) in [6.07, 6.45) is 3.48. The highest BCUT2D eigenvalue weighted by atomic mass is 19.3. The minimum atomic E-state index is -2.94. The molecule has 16 heteroatoms. The molecule has 2 aromatic rings. The van der Waals surface area contributed by atoms with E-state index < -0.39 is 61.7 Å². The van der Waals surface area contributed by atoms with Gasteiger partial charge in [-0.2, -0.15) is 0 Å². The predicted molar refractivity (Wildman–Crippen MR) is 184 cm³/mol. The Balaban J connectivity index is 0.837. The van der Waals surface area contributed by atoms with Crippen molar-refractivity contribution in [2.45, 2.75) is 49.6 Å². The maximum absolute atomic E-state index is 14.0. The summed E-state index contributed by atoms with van der Waals surface area (Å²) in [6, 6.07) is 4.81. The Kier molecular flexibility index (Phi) is 10.0. The van der Waals surface area contributed by atoms with Crippen LogP contribution in [0.15, 0.2) is 34.3 Å². The van der Waals surface area contributed by atoms with E-state index in [4.69, 9.17) is 18.9 Å². The molecule has 0 saturated carbocycles. The Morgan fingerprint density at radius 1 is 0.654 bits per heavy atom. The number of amides is 2. The van der Waals surface area contributed by atoms with Gasteiger partial charge in [-0.05, 0) is 25.0 Å². The van der Waals surface area contributed by atoms with E-state index in [2.05, 4.69) is 19.8 Å². The van der Waals surface area contributed by atoms with Crippen LogP contribution in [0.5, 0.6) is 23.0 Å². The average molecular weight is 731 g/mol. The molecule has 0 unspecified atom stereocenters. The average Bonchev–Trinajstić information content (AvgIpc) is 3.54. The highest BCUT2D eigenvalue weighted by Crippen LogP contribution is 2.42. The molecule has 2 atom stereocenters. The van der Waals surface area contributed by atoms with Gasteiger partial charge >= 0.3 is 0 Å². The van der Waals surface area contributed by atoms with Crippen LogP contribution in [0.1, 0.15) is 46.4 Å². The number of carbonyl (C=O) groups excluding carboxylic acids is 2. The number of hydrogen-bond acceptors (Lipinski definition) is 10. The fourth-order valence-corrected chi connectivity index (χ4v) is 7.42. The standard InChI is InChI=1S/C36H42F4N6O6/c1-49-29-13-25-27(41-19-23-17-35(37,38)21-45(23)33(25)47)15-31(29)51-11-3-5-43-7-9-44(10-8-43)6-4-12-52-32-16-28-26(14-30(32)50-2)34(48)46-22-36(39,40)18-24(46)20-42-28/h13-16,19-20,23-24H,3-12,17-18,21-22H2,1-2H3/t23-,24-/m0/s1. The normalized spacial score (nSPS) is 23.4. The van der Waals surface area contributed by atoms with Crippen LogP contribution in [0.25, 0.3) is 0 Å². The third-order valence-electron chi connectivity index (χ3n) is 10.2. The highest BCUT2D eigenvalue weighted by molar-refractivity contribution is 6.04. The quantitative estimate of drug-likeness (QED) is 0.229. The van der Waals surface area contributed by atoms with Gasteiger partial charge in [0, 0.05) is 76.7 Å². The smallest absolute Gasteiger partial charge is 0.267 e. The van der Waals surface area contributed by atoms with Crippen molar-refractivity contribution in [3.63, 3.8) is 0 Å². The molecule has 52 heavy (non-hydrogen) atoms. The highest BCUT2D eigenvalue weighted by Gasteiger charge is 2.49. The van der Waals surface area contributed by atoms with Crippen molar-refractivity contribution >= 4 is 35.6 Å². The number of alkyl halides is 4. The van der Waals surface area contributed by atoms with E-state index in [1.807, 2.05) is 0 Å². The number of carbonyl (C=O) groups is 2. The second-order valence-corrected chi connectivity index (χ2v) is 13.8. The van der Waals surface area contributed by atoms with Gasteiger partial charge in [-0.25, -0.2) is 17.6 Å². The molecule has 280 valence electrons. The van der Waals surface area contributed by atoms with Crippen molar-refractivity contribution in [3.8, 4) is 23.0 Å². The Labute approximate surface area is 298 Å². The number of piperazine rings is 1. The van der Waals surface area contributed by atoms with E-state index in [1.165, 1.54) is 38.8 Å². The van der Waals surface area contributed by atoms with Crippen LogP contribution in [-0.2, 0) is 0 Å². The van der Waals surface area contributed by atoms with Gasteiger partial charge in [-0.3, -0.25) is 19.6 Å². The zero-order valence-corrected chi connectivity index (χ0v) is 29.2. The topological polar surface area (TPSA) is 109 Å². The van der Waals surface area contributed by atoms with Crippen LogP contribution in [0.2, 0.25) is 0 Å². The third-order valence-corrected chi connectivity index (χ3v) is 10.2. The summed E-state index contributed by atoms with van der Waals surface area (Å²) in [4.78, 5) is 41.9. The van der Waals surface area contributed by atoms with Crippen LogP contribution in [0, 0.1) is 0 Å². The summed E-state index contributed by atoms with van der Waals surface area (Å²) >= 11 is 0. The first kappa shape index (κ1) is 35.9. The second-order valence-electron chi connectivity index (χ2n) is 13.8. The molecule has 0 aromatic heterocycles. The van der Waals surface area contributed by atoms with E-state index in [-0.39, 0.29) is 11.1 Å². The molecule has 3 fully saturated rings. The third kappa shape index (κ3) is 7.54. The van der Waals surface area contributed by atoms with Gasteiger partial charge in [-0.1, -0.05) is 0 Å². The van der Waals surface area contributed by atoms with Crippen molar-refractivity contribution in [2.24, 2.45) is 9.98 Å². The number of ether oxygens (including phenoxy) is 4. The SMILES string of the molecule is COc1cc2c(cc1OCCCN1CCN(CCCOc3cc4c(cc3OC)C(=O)N3CC(F)(F)C[C@H]3C=N4)CC1)N=C[C@@H]1CC(F)(F)CN1C2=O. The molecule has 2 amide bonds. The number of aliphatic imine (C=N–C) groups is 2. The summed E-state index contributed by atoms with van der Waals surface area (Å²) in [5.74, 6) is -5.27. The molecule has 5 aliphatic heterocycles. The fourth-order valence-electron chi connectivity index (χ4n) is 7.42. The van der Waals surface area contributed by atoms with Gasteiger partial charge in [-0.15, -0.1) is 0 Å². The van der Waals surface area contributed by atoms with Crippen LogP contribution < -0.4 is 18.9 Å². The summed E-state index contributed by atoms with van der Waals surface area (Å²) < 4.78 is 78.9. The molecule has 0 bridgehead atoms. The number of methoxy groups -OCH3 is 2. The molecule has 12 nitrogen and oxygen atoms in total. The summed E-state index contributed by atoms with van der Waals surface area (Å²) in [6.45, 7) is 4.90. The molecule has 5 heterocycles. The Morgan fingerprint density at radius 2 is 1.06 bits per heavy atom. The van der Waals surface area contributed by atoms with Crippen LogP contribution in [0.4, 0.5) is 28.9 Å². The monoisotopic (exact) mass is 730 g/mol. The zero-order valence-electron chi connectivity index (χ0n) is 29.2. The number of benzene rings is 2. The van der Waals surface area contributed by atoms with E-state index >= 15 is 0 Å². The van der Waals surface area contributed by atoms with Crippen molar-refractivity contribution in [3.05, 3.63) is 35.4 Å². The van der Waals surface area contributed by atoms with Crippen LogP contribution in [-0.4, -0.2) is 148 Å². The van der Waals surface area contributed by atoms with Gasteiger partial charge in [0.1, 0.15) is 0 Å². The molecular weight excluding hydrogens is 688 g/mol. The lowest BCUT2D eigenvalue weighted by Crippen LogP contribution is -2.47. The summed E-state index contributed by atoms with van der Waals surface area (Å²) in [5, 5.41) is 0. The van der Waals surface area contributed by atoms with Gasteiger partial charge in [0.25, 0.3) is 23.7 Å². The molecule has 0 aliphatic carbocycles. The van der Waals surface area contributed by atoms with Crippen molar-refractivity contribution in [1.82, 2.24) is 19.6 Å². The number of hydrogen-bond donors (Lipinski definition) is 0. The summed E-state index contributed by atoms with van der Waals surface area (Å²) in [7, 11) is 2.94. The fraction of sp³-hybridized carbons (Fsp3) is 0.556. The molecule has 0 radical (unpaired) electrons. The van der Waals surface area contributed by atoms with Gasteiger partial charge in [0.15, 0.2) is 23.0 Å². The molecule has 7 rings (SSSR count). The van der Waals surface area contributed by atoms with E-state index in [1.54, 1.807) is 12.1 Å².